The van der Waals surface area contributed by atoms with Crippen LogP contribution in [-0.2, 0) is 5.33 Å². The third-order valence-electron chi connectivity index (χ3n) is 1.01. The van der Waals surface area contributed by atoms with Gasteiger partial charge in [0.1, 0.15) is 5.82 Å². The van der Waals surface area contributed by atoms with Crippen molar-refractivity contribution >= 4 is 44.5 Å². The number of hydrogen-bond acceptors (Lipinski definition) is 1. The van der Waals surface area contributed by atoms with Crippen LogP contribution in [0.2, 0.25) is 5.02 Å². The molecule has 5 heteroatoms. The predicted octanol–water partition coefficient (Wildman–Crippen LogP) is 3.35. The summed E-state index contributed by atoms with van der Waals surface area (Å²) in [7, 11) is 0. The average molecular weight is 305 g/mol. The van der Waals surface area contributed by atoms with Crippen LogP contribution >= 0.6 is 44.5 Å². The fraction of sp³-hybridized carbons (Fsp3) is 0.167. The summed E-state index contributed by atoms with van der Waals surface area (Å²) in [6.45, 7) is 0. The Bertz CT molecular complexity index is 244. The molecule has 0 aliphatic rings. The molecule has 0 N–H and O–H groups in total. The summed E-state index contributed by atoms with van der Waals surface area (Å²) in [5.74, 6) is -0.371. The Balaban J connectivity index is 0.000001000. The Morgan fingerprint density at radius 1 is 1.64 bits per heavy atom. The second-order valence-electron chi connectivity index (χ2n) is 1.72. The van der Waals surface area contributed by atoms with Crippen molar-refractivity contribution in [2.24, 2.45) is 0 Å². The maximum absolute atomic E-state index is 12.7. The fourth-order valence-electron chi connectivity index (χ4n) is 0.541. The molecular formula is C6H5Br2ClFN. The van der Waals surface area contributed by atoms with Gasteiger partial charge in [0.25, 0.3) is 0 Å². The molecule has 0 aliphatic heterocycles. The van der Waals surface area contributed by atoms with Crippen LogP contribution in [0.25, 0.3) is 0 Å². The van der Waals surface area contributed by atoms with E-state index >= 15 is 0 Å². The van der Waals surface area contributed by atoms with E-state index in [1.54, 1.807) is 0 Å². The summed E-state index contributed by atoms with van der Waals surface area (Å²) in [5.41, 5.74) is 0.379. The lowest BCUT2D eigenvalue weighted by molar-refractivity contribution is 0.609. The molecule has 0 bridgehead atoms. The first-order valence-electron chi connectivity index (χ1n) is 2.60. The minimum atomic E-state index is -0.371. The van der Waals surface area contributed by atoms with Gasteiger partial charge in [0, 0.05) is 11.5 Å². The van der Waals surface area contributed by atoms with Gasteiger partial charge in [0.15, 0.2) is 0 Å². The zero-order valence-corrected chi connectivity index (χ0v) is 9.41. The third kappa shape index (κ3) is 3.05. The Morgan fingerprint density at radius 2 is 2.27 bits per heavy atom. The van der Waals surface area contributed by atoms with Gasteiger partial charge in [0.05, 0.1) is 10.7 Å². The highest BCUT2D eigenvalue weighted by Crippen LogP contribution is 2.13. The average Bonchev–Trinajstić information content (AvgIpc) is 1.88. The standard InChI is InChI=1S/C6H4BrClFN.BrH/c7-2-6-5(9)1-4(8)3-10-6;/h1,3H,2H2;1H. The van der Waals surface area contributed by atoms with Gasteiger partial charge in [-0.2, -0.15) is 0 Å². The van der Waals surface area contributed by atoms with E-state index in [1.165, 1.54) is 12.3 Å². The zero-order valence-electron chi connectivity index (χ0n) is 5.35. The lowest BCUT2D eigenvalue weighted by Gasteiger charge is -1.95. The van der Waals surface area contributed by atoms with Crippen LogP contribution in [0, 0.1) is 5.82 Å². The molecule has 1 heterocycles. The molecule has 0 amide bonds. The van der Waals surface area contributed by atoms with Crippen molar-refractivity contribution in [3.63, 3.8) is 0 Å². The monoisotopic (exact) mass is 303 g/mol. The predicted molar refractivity (Wildman–Crippen MR) is 52.2 cm³/mol. The van der Waals surface area contributed by atoms with E-state index in [9.17, 15) is 4.39 Å². The molecule has 0 spiro atoms. The third-order valence-corrected chi connectivity index (χ3v) is 1.75. The Morgan fingerprint density at radius 3 is 2.73 bits per heavy atom. The van der Waals surface area contributed by atoms with Gasteiger partial charge in [-0.3, -0.25) is 4.98 Å². The maximum atomic E-state index is 12.7. The normalized spacial score (nSPS) is 9.00. The van der Waals surface area contributed by atoms with Crippen molar-refractivity contribution < 1.29 is 4.39 Å². The summed E-state index contributed by atoms with van der Waals surface area (Å²) < 4.78 is 12.7. The number of alkyl halides is 1. The smallest absolute Gasteiger partial charge is 0.147 e. The minimum Gasteiger partial charge on any atom is -0.256 e. The molecule has 1 aromatic heterocycles. The van der Waals surface area contributed by atoms with Crippen LogP contribution in [0.4, 0.5) is 4.39 Å². The quantitative estimate of drug-likeness (QED) is 0.725. The first-order chi connectivity index (χ1) is 4.74. The Hall–Kier alpha value is 0.330. The summed E-state index contributed by atoms with van der Waals surface area (Å²) in [6, 6.07) is 1.24. The van der Waals surface area contributed by atoms with Gasteiger partial charge < -0.3 is 0 Å². The van der Waals surface area contributed by atoms with Gasteiger partial charge in [0.2, 0.25) is 0 Å². The SMILES string of the molecule is Br.Fc1cc(Cl)cnc1CBr. The molecule has 1 rings (SSSR count). The number of halogens is 4. The van der Waals surface area contributed by atoms with Gasteiger partial charge in [-0.15, -0.1) is 17.0 Å². The first-order valence-corrected chi connectivity index (χ1v) is 4.10. The Kier molecular flexibility index (Phi) is 5.21. The number of nitrogens with zero attached hydrogens (tertiary/aromatic N) is 1. The van der Waals surface area contributed by atoms with Gasteiger partial charge in [-0.25, -0.2) is 4.39 Å². The number of aromatic nitrogens is 1. The van der Waals surface area contributed by atoms with E-state index in [2.05, 4.69) is 20.9 Å². The van der Waals surface area contributed by atoms with Crippen LogP contribution < -0.4 is 0 Å². The van der Waals surface area contributed by atoms with Crippen LogP contribution in [0.5, 0.6) is 0 Å². The molecular weight excluding hydrogens is 300 g/mol. The first kappa shape index (κ1) is 11.3. The fourth-order valence-corrected chi connectivity index (χ4v) is 1.10. The molecule has 0 atom stereocenters. The molecule has 0 fully saturated rings. The van der Waals surface area contributed by atoms with Crippen LogP contribution in [-0.4, -0.2) is 4.98 Å². The summed E-state index contributed by atoms with van der Waals surface area (Å²) in [4.78, 5) is 3.74. The van der Waals surface area contributed by atoms with E-state index in [0.717, 1.165) is 0 Å². The molecule has 0 radical (unpaired) electrons. The second-order valence-corrected chi connectivity index (χ2v) is 2.71. The molecule has 1 aromatic rings. The molecule has 0 aromatic carbocycles. The highest BCUT2D eigenvalue weighted by Gasteiger charge is 2.00. The van der Waals surface area contributed by atoms with Crippen LogP contribution in [0.3, 0.4) is 0 Å². The van der Waals surface area contributed by atoms with E-state index in [4.69, 9.17) is 11.6 Å². The molecule has 11 heavy (non-hydrogen) atoms. The zero-order chi connectivity index (χ0) is 7.56. The summed E-state index contributed by atoms with van der Waals surface area (Å²) >= 11 is 8.54. The summed E-state index contributed by atoms with van der Waals surface area (Å²) in [5, 5.41) is 0.734. The number of pyridine rings is 1. The van der Waals surface area contributed by atoms with Gasteiger partial charge in [-0.05, 0) is 6.07 Å². The molecule has 1 nitrogen and oxygen atoms in total. The van der Waals surface area contributed by atoms with Crippen LogP contribution in [0.1, 0.15) is 5.69 Å². The van der Waals surface area contributed by atoms with Crippen LogP contribution in [0.15, 0.2) is 12.3 Å². The highest BCUT2D eigenvalue weighted by molar-refractivity contribution is 9.08. The van der Waals surface area contributed by atoms with Crippen molar-refractivity contribution in [1.29, 1.82) is 0 Å². The second kappa shape index (κ2) is 5.06. The molecule has 0 saturated carbocycles. The minimum absolute atomic E-state index is 0. The lowest BCUT2D eigenvalue weighted by Crippen LogP contribution is -1.89. The van der Waals surface area contributed by atoms with E-state index < -0.39 is 0 Å². The Labute approximate surface area is 87.9 Å². The van der Waals surface area contributed by atoms with Gasteiger partial charge >= 0.3 is 0 Å². The molecule has 62 valence electrons. The van der Waals surface area contributed by atoms with E-state index in [-0.39, 0.29) is 22.8 Å². The number of rotatable bonds is 1. The molecule has 0 aliphatic carbocycles. The maximum Gasteiger partial charge on any atom is 0.147 e. The van der Waals surface area contributed by atoms with Gasteiger partial charge in [-0.1, -0.05) is 27.5 Å². The molecule has 0 saturated heterocycles. The topological polar surface area (TPSA) is 12.9 Å². The van der Waals surface area contributed by atoms with Crippen molar-refractivity contribution in [2.75, 3.05) is 0 Å². The van der Waals surface area contributed by atoms with E-state index in [0.29, 0.717) is 16.0 Å². The van der Waals surface area contributed by atoms with Crippen molar-refractivity contribution in [2.45, 2.75) is 5.33 Å². The molecule has 0 unspecified atom stereocenters. The number of hydrogen-bond donors (Lipinski definition) is 0. The van der Waals surface area contributed by atoms with E-state index in [1.807, 2.05) is 0 Å². The lowest BCUT2D eigenvalue weighted by atomic mass is 10.4. The van der Waals surface area contributed by atoms with Crippen molar-refractivity contribution in [1.82, 2.24) is 4.98 Å². The van der Waals surface area contributed by atoms with Crippen molar-refractivity contribution in [3.8, 4) is 0 Å². The van der Waals surface area contributed by atoms with Crippen molar-refractivity contribution in [3.05, 3.63) is 28.8 Å². The largest absolute Gasteiger partial charge is 0.256 e. The summed E-state index contributed by atoms with van der Waals surface area (Å²) in [6.07, 6.45) is 1.42. The highest BCUT2D eigenvalue weighted by atomic mass is 79.9.